The summed E-state index contributed by atoms with van der Waals surface area (Å²) >= 11 is 6.36. The average Bonchev–Trinajstić information content (AvgIpc) is 3.17. The Morgan fingerprint density at radius 3 is 2.68 bits per heavy atom. The van der Waals surface area contributed by atoms with Gasteiger partial charge in [0.15, 0.2) is 0 Å². The SMILES string of the molecule is COC(=O)C(c1ccccc1Cl)N1CCN(c2cc(C)nc3ncnn23)CC1. The maximum Gasteiger partial charge on any atom is 0.327 e. The number of methoxy groups -OCH3 is 1. The van der Waals surface area contributed by atoms with Crippen LogP contribution in [0.1, 0.15) is 17.3 Å². The second kappa shape index (κ2) is 7.73. The van der Waals surface area contributed by atoms with E-state index in [0.717, 1.165) is 30.2 Å². The molecule has 3 heterocycles. The molecule has 0 aliphatic carbocycles. The number of hydrogen-bond acceptors (Lipinski definition) is 7. The van der Waals surface area contributed by atoms with Gasteiger partial charge in [0.2, 0.25) is 0 Å². The summed E-state index contributed by atoms with van der Waals surface area (Å²) in [5.41, 5.74) is 1.66. The predicted octanol–water partition coefficient (Wildman–Crippen LogP) is 2.12. The zero-order chi connectivity index (χ0) is 19.7. The molecule has 4 rings (SSSR count). The Morgan fingerprint density at radius 2 is 1.96 bits per heavy atom. The third-order valence-corrected chi connectivity index (χ3v) is 5.33. The first-order valence-electron chi connectivity index (χ1n) is 9.07. The molecule has 1 aromatic carbocycles. The van der Waals surface area contributed by atoms with Crippen LogP contribution in [0, 0.1) is 6.92 Å². The van der Waals surface area contributed by atoms with Gasteiger partial charge in [-0.3, -0.25) is 4.90 Å². The van der Waals surface area contributed by atoms with Crippen LogP contribution in [0.2, 0.25) is 5.02 Å². The van der Waals surface area contributed by atoms with E-state index in [-0.39, 0.29) is 5.97 Å². The van der Waals surface area contributed by atoms with Crippen molar-refractivity contribution in [3.63, 3.8) is 0 Å². The van der Waals surface area contributed by atoms with Gasteiger partial charge < -0.3 is 9.64 Å². The lowest BCUT2D eigenvalue weighted by Crippen LogP contribution is -2.50. The van der Waals surface area contributed by atoms with Gasteiger partial charge in [0.05, 0.1) is 7.11 Å². The molecular formula is C19H21ClN6O2. The molecule has 1 saturated heterocycles. The van der Waals surface area contributed by atoms with Gasteiger partial charge in [-0.15, -0.1) is 0 Å². The normalized spacial score (nSPS) is 16.3. The van der Waals surface area contributed by atoms with E-state index in [1.165, 1.54) is 13.4 Å². The van der Waals surface area contributed by atoms with Crippen LogP contribution in [-0.4, -0.2) is 63.7 Å². The third kappa shape index (κ3) is 3.41. The zero-order valence-electron chi connectivity index (χ0n) is 15.7. The van der Waals surface area contributed by atoms with Crippen LogP contribution in [0.4, 0.5) is 5.82 Å². The molecule has 1 atom stereocenters. The quantitative estimate of drug-likeness (QED) is 0.621. The van der Waals surface area contributed by atoms with Crippen molar-refractivity contribution < 1.29 is 9.53 Å². The Hall–Kier alpha value is -2.71. The summed E-state index contributed by atoms with van der Waals surface area (Å²) in [6.07, 6.45) is 1.51. The standard InChI is InChI=1S/C19H21ClN6O2/c1-13-11-16(26-19(23-13)21-12-22-26)24-7-9-25(10-8-24)17(18(27)28-2)14-5-3-4-6-15(14)20/h3-6,11-12,17H,7-10H2,1-2H3. The monoisotopic (exact) mass is 400 g/mol. The van der Waals surface area contributed by atoms with E-state index in [2.05, 4.69) is 24.9 Å². The number of aryl methyl sites for hydroxylation is 1. The molecule has 0 amide bonds. The van der Waals surface area contributed by atoms with Crippen molar-refractivity contribution in [2.75, 3.05) is 38.2 Å². The number of benzene rings is 1. The van der Waals surface area contributed by atoms with Crippen LogP contribution in [0.3, 0.4) is 0 Å². The van der Waals surface area contributed by atoms with Gasteiger partial charge in [-0.2, -0.15) is 14.6 Å². The van der Waals surface area contributed by atoms with Gasteiger partial charge in [-0.05, 0) is 18.6 Å². The maximum absolute atomic E-state index is 12.5. The molecule has 1 fully saturated rings. The van der Waals surface area contributed by atoms with Crippen molar-refractivity contribution in [1.82, 2.24) is 24.5 Å². The number of nitrogens with zero attached hydrogens (tertiary/aromatic N) is 6. The first-order chi connectivity index (χ1) is 13.6. The summed E-state index contributed by atoms with van der Waals surface area (Å²) in [5.74, 6) is 1.23. The van der Waals surface area contributed by atoms with Gasteiger partial charge in [0.25, 0.3) is 5.78 Å². The molecule has 146 valence electrons. The van der Waals surface area contributed by atoms with E-state index in [0.29, 0.717) is 23.9 Å². The Morgan fingerprint density at radius 1 is 1.21 bits per heavy atom. The number of aromatic nitrogens is 4. The Labute approximate surface area is 167 Å². The lowest BCUT2D eigenvalue weighted by molar-refractivity contribution is -0.147. The Balaban J connectivity index is 1.57. The highest BCUT2D eigenvalue weighted by molar-refractivity contribution is 6.31. The summed E-state index contributed by atoms with van der Waals surface area (Å²) in [4.78, 5) is 25.5. The molecule has 8 nitrogen and oxygen atoms in total. The fourth-order valence-electron chi connectivity index (χ4n) is 3.63. The van der Waals surface area contributed by atoms with Crippen LogP contribution in [0.5, 0.6) is 0 Å². The fourth-order valence-corrected chi connectivity index (χ4v) is 3.87. The smallest absolute Gasteiger partial charge is 0.327 e. The summed E-state index contributed by atoms with van der Waals surface area (Å²) in [7, 11) is 1.41. The number of ether oxygens (including phenoxy) is 1. The maximum atomic E-state index is 12.5. The van der Waals surface area contributed by atoms with Crippen LogP contribution in [0.15, 0.2) is 36.7 Å². The van der Waals surface area contributed by atoms with Crippen molar-refractivity contribution in [1.29, 1.82) is 0 Å². The lowest BCUT2D eigenvalue weighted by Gasteiger charge is -2.39. The number of carbonyl (C=O) groups excluding carboxylic acids is 1. The lowest BCUT2D eigenvalue weighted by atomic mass is 10.0. The third-order valence-electron chi connectivity index (χ3n) is 4.99. The van der Waals surface area contributed by atoms with Crippen molar-refractivity contribution in [2.24, 2.45) is 0 Å². The molecule has 3 aromatic rings. The summed E-state index contributed by atoms with van der Waals surface area (Å²) in [6.45, 7) is 4.77. The molecule has 2 aromatic heterocycles. The van der Waals surface area contributed by atoms with E-state index < -0.39 is 6.04 Å². The van der Waals surface area contributed by atoms with Gasteiger partial charge in [-0.25, -0.2) is 9.78 Å². The number of carbonyl (C=O) groups is 1. The molecule has 0 N–H and O–H groups in total. The fraction of sp³-hybridized carbons (Fsp3) is 0.368. The van der Waals surface area contributed by atoms with Gasteiger partial charge in [0, 0.05) is 43.0 Å². The summed E-state index contributed by atoms with van der Waals surface area (Å²) in [6, 6.07) is 8.89. The minimum Gasteiger partial charge on any atom is -0.468 e. The van der Waals surface area contributed by atoms with Crippen molar-refractivity contribution in [2.45, 2.75) is 13.0 Å². The number of halogens is 1. The van der Waals surface area contributed by atoms with E-state index in [1.807, 2.05) is 31.2 Å². The molecule has 1 aliphatic rings. The van der Waals surface area contributed by atoms with E-state index in [1.54, 1.807) is 10.6 Å². The van der Waals surface area contributed by atoms with Crippen molar-refractivity contribution in [3.8, 4) is 0 Å². The molecule has 9 heteroatoms. The topological polar surface area (TPSA) is 75.9 Å². The molecule has 0 saturated carbocycles. The zero-order valence-corrected chi connectivity index (χ0v) is 16.5. The molecule has 0 radical (unpaired) electrons. The first kappa shape index (κ1) is 18.6. The first-order valence-corrected chi connectivity index (χ1v) is 9.45. The van der Waals surface area contributed by atoms with Crippen molar-refractivity contribution >= 4 is 29.2 Å². The highest BCUT2D eigenvalue weighted by atomic mass is 35.5. The number of esters is 1. The number of hydrogen-bond donors (Lipinski definition) is 0. The van der Waals surface area contributed by atoms with Gasteiger partial charge >= 0.3 is 5.97 Å². The number of piperazine rings is 1. The van der Waals surface area contributed by atoms with Crippen LogP contribution in [0.25, 0.3) is 5.78 Å². The second-order valence-corrected chi connectivity index (χ2v) is 7.10. The Bertz CT molecular complexity index is 999. The average molecular weight is 401 g/mol. The van der Waals surface area contributed by atoms with Crippen LogP contribution < -0.4 is 4.90 Å². The van der Waals surface area contributed by atoms with Gasteiger partial charge in [-0.1, -0.05) is 29.8 Å². The minimum absolute atomic E-state index is 0.306. The van der Waals surface area contributed by atoms with E-state index >= 15 is 0 Å². The summed E-state index contributed by atoms with van der Waals surface area (Å²) < 4.78 is 6.81. The minimum atomic E-state index is -0.522. The summed E-state index contributed by atoms with van der Waals surface area (Å²) in [5, 5.41) is 4.85. The van der Waals surface area contributed by atoms with E-state index in [4.69, 9.17) is 16.3 Å². The number of fused-ring (bicyclic) bond motifs is 1. The molecule has 28 heavy (non-hydrogen) atoms. The van der Waals surface area contributed by atoms with Crippen LogP contribution >= 0.6 is 11.6 Å². The molecular weight excluding hydrogens is 380 g/mol. The highest BCUT2D eigenvalue weighted by Gasteiger charge is 2.33. The largest absolute Gasteiger partial charge is 0.468 e. The number of rotatable bonds is 4. The highest BCUT2D eigenvalue weighted by Crippen LogP contribution is 2.30. The molecule has 1 unspecified atom stereocenters. The predicted molar refractivity (Wildman–Crippen MR) is 106 cm³/mol. The molecule has 0 spiro atoms. The van der Waals surface area contributed by atoms with Crippen LogP contribution in [-0.2, 0) is 9.53 Å². The molecule has 1 aliphatic heterocycles. The van der Waals surface area contributed by atoms with E-state index in [9.17, 15) is 4.79 Å². The second-order valence-electron chi connectivity index (χ2n) is 6.70. The number of anilines is 1. The van der Waals surface area contributed by atoms with Crippen molar-refractivity contribution in [3.05, 3.63) is 52.9 Å². The Kier molecular flexibility index (Phi) is 5.15. The van der Waals surface area contributed by atoms with Gasteiger partial charge in [0.1, 0.15) is 18.2 Å². The molecule has 0 bridgehead atoms.